The molecule has 0 bridgehead atoms. The summed E-state index contributed by atoms with van der Waals surface area (Å²) >= 11 is 3.30. The summed E-state index contributed by atoms with van der Waals surface area (Å²) in [6, 6.07) is 5.40. The molecule has 1 aromatic rings. The minimum atomic E-state index is -0.622. The zero-order valence-corrected chi connectivity index (χ0v) is 13.0. The van der Waals surface area contributed by atoms with Gasteiger partial charge in [-0.1, -0.05) is 15.9 Å². The van der Waals surface area contributed by atoms with Crippen LogP contribution in [0.25, 0.3) is 0 Å². The number of hydrazone groups is 1. The van der Waals surface area contributed by atoms with Crippen LogP contribution < -0.4 is 14.9 Å². The van der Waals surface area contributed by atoms with E-state index in [9.17, 15) is 4.79 Å². The molecule has 0 aromatic heterocycles. The summed E-state index contributed by atoms with van der Waals surface area (Å²) in [7, 11) is 1.27. The zero-order valence-electron chi connectivity index (χ0n) is 11.4. The van der Waals surface area contributed by atoms with Crippen molar-refractivity contribution in [2.45, 2.75) is 6.92 Å². The molecule has 0 heterocycles. The van der Waals surface area contributed by atoms with E-state index in [0.29, 0.717) is 24.7 Å². The van der Waals surface area contributed by atoms with E-state index >= 15 is 0 Å². The van der Waals surface area contributed by atoms with E-state index < -0.39 is 6.09 Å². The van der Waals surface area contributed by atoms with Crippen LogP contribution in [-0.4, -0.2) is 38.0 Å². The number of rotatable bonds is 7. The second kappa shape index (κ2) is 9.19. The van der Waals surface area contributed by atoms with Crippen LogP contribution in [0.4, 0.5) is 4.79 Å². The monoisotopic (exact) mass is 344 g/mol. The Labute approximate surface area is 126 Å². The molecule has 7 heteroatoms. The molecule has 6 nitrogen and oxygen atoms in total. The van der Waals surface area contributed by atoms with Crippen LogP contribution >= 0.6 is 15.9 Å². The highest BCUT2D eigenvalue weighted by molar-refractivity contribution is 9.09. The van der Waals surface area contributed by atoms with Crippen LogP contribution in [0.2, 0.25) is 0 Å². The first-order valence-corrected chi connectivity index (χ1v) is 7.16. The zero-order chi connectivity index (χ0) is 14.8. The van der Waals surface area contributed by atoms with Crippen LogP contribution in [0.15, 0.2) is 23.3 Å². The molecule has 0 radical (unpaired) electrons. The van der Waals surface area contributed by atoms with E-state index in [1.807, 2.05) is 13.0 Å². The Balaban J connectivity index is 2.78. The quantitative estimate of drug-likeness (QED) is 0.468. The van der Waals surface area contributed by atoms with Crippen molar-refractivity contribution in [3.63, 3.8) is 0 Å². The van der Waals surface area contributed by atoms with Crippen LogP contribution in [0, 0.1) is 0 Å². The number of carbonyl (C=O) groups is 1. The normalized spacial score (nSPS) is 10.3. The van der Waals surface area contributed by atoms with Crippen molar-refractivity contribution in [3.8, 4) is 11.5 Å². The average Bonchev–Trinajstić information content (AvgIpc) is 2.46. The number of methoxy groups -OCH3 is 1. The fraction of sp³-hybridized carbons (Fsp3) is 0.385. The second-order valence-corrected chi connectivity index (χ2v) is 4.33. The van der Waals surface area contributed by atoms with Gasteiger partial charge in [-0.25, -0.2) is 10.2 Å². The third-order valence-electron chi connectivity index (χ3n) is 2.16. The number of halogens is 1. The smallest absolute Gasteiger partial charge is 0.427 e. The number of benzene rings is 1. The van der Waals surface area contributed by atoms with Crippen LogP contribution in [0.5, 0.6) is 11.5 Å². The topological polar surface area (TPSA) is 69.2 Å². The molecule has 0 aliphatic heterocycles. The SMILES string of the molecule is CCOc1cc(/C=N/NC(=O)OC)ccc1OCCBr. The number of carbonyl (C=O) groups excluding carboxylic acids is 1. The van der Waals surface area contributed by atoms with Crippen molar-refractivity contribution in [2.75, 3.05) is 25.7 Å². The largest absolute Gasteiger partial charge is 0.490 e. The summed E-state index contributed by atoms with van der Waals surface area (Å²) in [4.78, 5) is 10.8. The highest BCUT2D eigenvalue weighted by Gasteiger charge is 2.05. The molecule has 1 amide bonds. The number of amides is 1. The maximum Gasteiger partial charge on any atom is 0.427 e. The minimum absolute atomic E-state index is 0.533. The van der Waals surface area contributed by atoms with E-state index in [4.69, 9.17) is 9.47 Å². The Hall–Kier alpha value is -1.76. The second-order valence-electron chi connectivity index (χ2n) is 3.54. The molecule has 0 spiro atoms. The molecule has 1 rings (SSSR count). The Kier molecular flexibility index (Phi) is 7.49. The number of nitrogens with zero attached hydrogens (tertiary/aromatic N) is 1. The standard InChI is InChI=1S/C13H17BrN2O4/c1-3-19-12-8-10(9-15-16-13(17)18-2)4-5-11(12)20-7-6-14/h4-5,8-9H,3,6-7H2,1-2H3,(H,16,17)/b15-9+. The van der Waals surface area contributed by atoms with E-state index in [2.05, 4.69) is 31.2 Å². The van der Waals surface area contributed by atoms with Crippen molar-refractivity contribution in [1.82, 2.24) is 5.43 Å². The molecule has 0 aliphatic rings. The van der Waals surface area contributed by atoms with Gasteiger partial charge in [-0.3, -0.25) is 0 Å². The maximum absolute atomic E-state index is 10.8. The average molecular weight is 345 g/mol. The first-order chi connectivity index (χ1) is 9.71. The molecule has 0 atom stereocenters. The summed E-state index contributed by atoms with van der Waals surface area (Å²) in [6.07, 6.45) is 0.872. The summed E-state index contributed by atoms with van der Waals surface area (Å²) in [5.74, 6) is 1.31. The van der Waals surface area contributed by atoms with Crippen molar-refractivity contribution in [1.29, 1.82) is 0 Å². The lowest BCUT2D eigenvalue weighted by Gasteiger charge is -2.11. The third kappa shape index (κ3) is 5.48. The summed E-state index contributed by atoms with van der Waals surface area (Å²) in [6.45, 7) is 2.98. The van der Waals surface area contributed by atoms with Crippen molar-refractivity contribution < 1.29 is 19.0 Å². The number of alkyl halides is 1. The Morgan fingerprint density at radius 3 is 2.85 bits per heavy atom. The lowest BCUT2D eigenvalue weighted by molar-refractivity contribution is 0.171. The van der Waals surface area contributed by atoms with Crippen molar-refractivity contribution in [3.05, 3.63) is 23.8 Å². The van der Waals surface area contributed by atoms with Crippen molar-refractivity contribution >= 4 is 28.2 Å². The fourth-order valence-corrected chi connectivity index (χ4v) is 1.51. The predicted octanol–water partition coefficient (Wildman–Crippen LogP) is 2.55. The summed E-state index contributed by atoms with van der Waals surface area (Å²) < 4.78 is 15.5. The van der Waals surface area contributed by atoms with Crippen LogP contribution in [0.3, 0.4) is 0 Å². The van der Waals surface area contributed by atoms with Crippen molar-refractivity contribution in [2.24, 2.45) is 5.10 Å². The molecule has 1 N–H and O–H groups in total. The third-order valence-corrected chi connectivity index (χ3v) is 2.48. The van der Waals surface area contributed by atoms with Gasteiger partial charge < -0.3 is 14.2 Å². The van der Waals surface area contributed by atoms with E-state index in [1.54, 1.807) is 12.1 Å². The Bertz CT molecular complexity index is 466. The number of hydrogen-bond acceptors (Lipinski definition) is 5. The highest BCUT2D eigenvalue weighted by Crippen LogP contribution is 2.28. The maximum atomic E-state index is 10.8. The number of hydrogen-bond donors (Lipinski definition) is 1. The first kappa shape index (κ1) is 16.3. The van der Waals surface area contributed by atoms with Gasteiger partial charge in [-0.15, -0.1) is 0 Å². The Morgan fingerprint density at radius 1 is 1.40 bits per heavy atom. The molecule has 20 heavy (non-hydrogen) atoms. The molecular weight excluding hydrogens is 328 g/mol. The molecule has 0 saturated carbocycles. The van der Waals surface area contributed by atoms with Gasteiger partial charge >= 0.3 is 6.09 Å². The number of nitrogens with one attached hydrogen (secondary N) is 1. The molecule has 0 fully saturated rings. The molecule has 110 valence electrons. The highest BCUT2D eigenvalue weighted by atomic mass is 79.9. The minimum Gasteiger partial charge on any atom is -0.490 e. The molecular formula is C13H17BrN2O4. The molecule has 0 unspecified atom stereocenters. The van der Waals surface area contributed by atoms with Crippen LogP contribution in [-0.2, 0) is 4.74 Å². The van der Waals surface area contributed by atoms with Gasteiger partial charge in [-0.2, -0.15) is 5.10 Å². The van der Waals surface area contributed by atoms with Crippen LogP contribution in [0.1, 0.15) is 12.5 Å². The van der Waals surface area contributed by atoms with Gasteiger partial charge in [0.15, 0.2) is 11.5 Å². The van der Waals surface area contributed by atoms with Gasteiger partial charge in [0, 0.05) is 5.33 Å². The molecule has 0 saturated heterocycles. The van der Waals surface area contributed by atoms with Gasteiger partial charge in [0.25, 0.3) is 0 Å². The fourth-order valence-electron chi connectivity index (χ4n) is 1.35. The predicted molar refractivity (Wildman–Crippen MR) is 80.0 cm³/mol. The van der Waals surface area contributed by atoms with Gasteiger partial charge in [0.2, 0.25) is 0 Å². The lowest BCUT2D eigenvalue weighted by atomic mass is 10.2. The Morgan fingerprint density at radius 2 is 2.20 bits per heavy atom. The van der Waals surface area contributed by atoms with Gasteiger partial charge in [0.1, 0.15) is 0 Å². The molecule has 0 aliphatic carbocycles. The van der Waals surface area contributed by atoms with Gasteiger partial charge in [-0.05, 0) is 30.7 Å². The van der Waals surface area contributed by atoms with Gasteiger partial charge in [0.05, 0.1) is 26.5 Å². The molecule has 1 aromatic carbocycles. The summed E-state index contributed by atoms with van der Waals surface area (Å²) in [5, 5.41) is 4.49. The van der Waals surface area contributed by atoms with E-state index in [1.165, 1.54) is 13.3 Å². The summed E-state index contributed by atoms with van der Waals surface area (Å²) in [5.41, 5.74) is 2.99. The number of ether oxygens (including phenoxy) is 3. The van der Waals surface area contributed by atoms with E-state index in [-0.39, 0.29) is 0 Å². The van der Waals surface area contributed by atoms with E-state index in [0.717, 1.165) is 10.9 Å². The lowest BCUT2D eigenvalue weighted by Crippen LogP contribution is -2.16. The first-order valence-electron chi connectivity index (χ1n) is 6.03.